The summed E-state index contributed by atoms with van der Waals surface area (Å²) in [6.07, 6.45) is 2.51. The second kappa shape index (κ2) is 6.65. The van der Waals surface area contributed by atoms with Crippen molar-refractivity contribution in [1.82, 2.24) is 4.90 Å². The van der Waals surface area contributed by atoms with Gasteiger partial charge in [-0.05, 0) is 55.6 Å². The van der Waals surface area contributed by atoms with Crippen LogP contribution in [0, 0.1) is 11.8 Å². The fraction of sp³-hybridized carbons (Fsp3) is 0.400. The highest BCUT2D eigenvalue weighted by molar-refractivity contribution is 6.26. The summed E-state index contributed by atoms with van der Waals surface area (Å²) < 4.78 is 5.22. The van der Waals surface area contributed by atoms with E-state index in [-0.39, 0.29) is 23.8 Å². The molecule has 4 aliphatic rings. The molecular weight excluding hydrogens is 406 g/mol. The van der Waals surface area contributed by atoms with Gasteiger partial charge in [0.2, 0.25) is 17.7 Å². The van der Waals surface area contributed by atoms with E-state index in [9.17, 15) is 14.4 Å². The number of rotatable bonds is 3. The van der Waals surface area contributed by atoms with Gasteiger partial charge in [0.1, 0.15) is 11.3 Å². The molecule has 3 amide bonds. The van der Waals surface area contributed by atoms with Gasteiger partial charge >= 0.3 is 0 Å². The van der Waals surface area contributed by atoms with Crippen LogP contribution in [0.1, 0.15) is 30.9 Å². The minimum absolute atomic E-state index is 0.110. The molecule has 4 heterocycles. The lowest BCUT2D eigenvalue weighted by atomic mass is 9.75. The number of methoxy groups -OCH3 is 1. The van der Waals surface area contributed by atoms with Gasteiger partial charge in [-0.1, -0.05) is 25.1 Å². The molecule has 4 atom stereocenters. The molecule has 164 valence electrons. The predicted molar refractivity (Wildman–Crippen MR) is 118 cm³/mol. The molecule has 2 aromatic carbocycles. The Labute approximate surface area is 186 Å². The van der Waals surface area contributed by atoms with Crippen molar-refractivity contribution in [2.75, 3.05) is 23.9 Å². The molecule has 32 heavy (non-hydrogen) atoms. The molecule has 2 aromatic rings. The molecule has 4 aliphatic heterocycles. The third-order valence-corrected chi connectivity index (χ3v) is 7.83. The molecule has 0 bridgehead atoms. The van der Waals surface area contributed by atoms with Crippen molar-refractivity contribution in [2.24, 2.45) is 11.8 Å². The first kappa shape index (κ1) is 19.5. The Kier molecular flexibility index (Phi) is 4.05. The van der Waals surface area contributed by atoms with Crippen LogP contribution in [-0.2, 0) is 26.3 Å². The normalized spacial score (nSPS) is 30.6. The number of benzene rings is 2. The monoisotopic (exact) mass is 431 g/mol. The summed E-state index contributed by atoms with van der Waals surface area (Å²) in [5.74, 6) is -1.26. The predicted octanol–water partition coefficient (Wildman–Crippen LogP) is 2.69. The van der Waals surface area contributed by atoms with Gasteiger partial charge in [0, 0.05) is 17.3 Å². The fourth-order valence-corrected chi connectivity index (χ4v) is 6.57. The van der Waals surface area contributed by atoms with Crippen LogP contribution in [0.3, 0.4) is 0 Å². The average Bonchev–Trinajstić information content (AvgIpc) is 3.52. The fourth-order valence-electron chi connectivity index (χ4n) is 6.57. The van der Waals surface area contributed by atoms with E-state index in [2.05, 4.69) is 17.1 Å². The van der Waals surface area contributed by atoms with Crippen molar-refractivity contribution >= 4 is 29.1 Å². The van der Waals surface area contributed by atoms with Crippen molar-refractivity contribution < 1.29 is 19.1 Å². The number of carbonyl (C=O) groups is 3. The molecule has 3 saturated heterocycles. The molecular formula is C25H25N3O4. The van der Waals surface area contributed by atoms with Gasteiger partial charge in [0.05, 0.1) is 24.6 Å². The van der Waals surface area contributed by atoms with E-state index in [0.717, 1.165) is 36.1 Å². The molecule has 1 N–H and O–H groups in total. The molecule has 7 heteroatoms. The lowest BCUT2D eigenvalue weighted by Crippen LogP contribution is -2.54. The van der Waals surface area contributed by atoms with E-state index in [1.165, 1.54) is 4.90 Å². The number of hydrogen-bond donors (Lipinski definition) is 1. The summed E-state index contributed by atoms with van der Waals surface area (Å²) in [6.45, 7) is 2.77. The minimum Gasteiger partial charge on any atom is -0.497 e. The van der Waals surface area contributed by atoms with Crippen LogP contribution in [0.5, 0.6) is 5.75 Å². The van der Waals surface area contributed by atoms with Crippen molar-refractivity contribution in [3.63, 3.8) is 0 Å². The van der Waals surface area contributed by atoms with Crippen LogP contribution >= 0.6 is 0 Å². The Balaban J connectivity index is 1.53. The van der Waals surface area contributed by atoms with Gasteiger partial charge in [-0.25, -0.2) is 4.90 Å². The number of hydrogen-bond acceptors (Lipinski definition) is 5. The number of amides is 3. The number of anilines is 2. The lowest BCUT2D eigenvalue weighted by Gasteiger charge is -2.36. The van der Waals surface area contributed by atoms with Gasteiger partial charge < -0.3 is 10.1 Å². The number of ether oxygens (including phenoxy) is 1. The Hall–Kier alpha value is -3.19. The van der Waals surface area contributed by atoms with E-state index in [0.29, 0.717) is 18.0 Å². The molecule has 0 aromatic heterocycles. The van der Waals surface area contributed by atoms with E-state index in [1.54, 1.807) is 31.4 Å². The second-order valence-corrected chi connectivity index (χ2v) is 9.03. The quantitative estimate of drug-likeness (QED) is 0.756. The molecule has 0 saturated carbocycles. The Bertz CT molecular complexity index is 1160. The van der Waals surface area contributed by atoms with Gasteiger partial charge in [-0.2, -0.15) is 0 Å². The molecule has 7 nitrogen and oxygen atoms in total. The lowest BCUT2D eigenvalue weighted by molar-refractivity contribution is -0.135. The first-order valence-electron chi connectivity index (χ1n) is 11.3. The van der Waals surface area contributed by atoms with E-state index in [1.807, 2.05) is 18.2 Å². The SMILES string of the molecule is CCc1cccc2c1NC(=O)[C@@]21[C@H]2C(=O)N(c3ccc(OC)cc3)C(=O)[C@@H]2[C@H]2CCCN21. The maximum absolute atomic E-state index is 13.9. The maximum Gasteiger partial charge on any atom is 0.250 e. The highest BCUT2D eigenvalue weighted by Gasteiger charge is 2.74. The Morgan fingerprint density at radius 3 is 2.59 bits per heavy atom. The van der Waals surface area contributed by atoms with E-state index >= 15 is 0 Å². The maximum atomic E-state index is 13.9. The first-order chi connectivity index (χ1) is 15.5. The van der Waals surface area contributed by atoms with Crippen LogP contribution in [0.4, 0.5) is 11.4 Å². The van der Waals surface area contributed by atoms with Crippen molar-refractivity contribution in [3.8, 4) is 5.75 Å². The summed E-state index contributed by atoms with van der Waals surface area (Å²) in [5.41, 5.74) is 2.11. The average molecular weight is 431 g/mol. The number of para-hydroxylation sites is 1. The van der Waals surface area contributed by atoms with E-state index < -0.39 is 17.4 Å². The summed E-state index contributed by atoms with van der Waals surface area (Å²) in [5, 5.41) is 3.10. The largest absolute Gasteiger partial charge is 0.497 e. The van der Waals surface area contributed by atoms with Crippen molar-refractivity contribution in [1.29, 1.82) is 0 Å². The van der Waals surface area contributed by atoms with Crippen LogP contribution in [0.2, 0.25) is 0 Å². The van der Waals surface area contributed by atoms with Gasteiger partial charge in [-0.3, -0.25) is 19.3 Å². The first-order valence-corrected chi connectivity index (χ1v) is 11.3. The molecule has 0 unspecified atom stereocenters. The van der Waals surface area contributed by atoms with Gasteiger partial charge in [-0.15, -0.1) is 0 Å². The second-order valence-electron chi connectivity index (χ2n) is 9.03. The standard InChI is InChI=1S/C25H25N3O4/c1-3-14-6-4-7-17-21(14)26-24(31)25(17)20-19(18-8-5-13-27(18)25)22(29)28(23(20)30)15-9-11-16(32-2)12-10-15/h4,6-7,9-12,18-20H,3,5,8,13H2,1-2H3,(H,26,31)/t18-,19-,20-,25+/m1/s1. The molecule has 3 fully saturated rings. The number of imide groups is 1. The number of nitrogens with zero attached hydrogens (tertiary/aromatic N) is 2. The molecule has 1 spiro atoms. The summed E-state index contributed by atoms with van der Waals surface area (Å²) in [4.78, 5) is 44.8. The highest BCUT2D eigenvalue weighted by Crippen LogP contribution is 2.61. The van der Waals surface area contributed by atoms with Crippen LogP contribution in [0.15, 0.2) is 42.5 Å². The Morgan fingerprint density at radius 1 is 1.09 bits per heavy atom. The highest BCUT2D eigenvalue weighted by atomic mass is 16.5. The van der Waals surface area contributed by atoms with Crippen LogP contribution in [0.25, 0.3) is 0 Å². The van der Waals surface area contributed by atoms with Gasteiger partial charge in [0.25, 0.3) is 0 Å². The summed E-state index contributed by atoms with van der Waals surface area (Å²) in [7, 11) is 1.57. The topological polar surface area (TPSA) is 79.0 Å². The smallest absolute Gasteiger partial charge is 0.250 e. The molecule has 0 aliphatic carbocycles. The van der Waals surface area contributed by atoms with Crippen molar-refractivity contribution in [3.05, 3.63) is 53.6 Å². The van der Waals surface area contributed by atoms with Gasteiger partial charge in [0.15, 0.2) is 0 Å². The molecule has 6 rings (SSSR count). The zero-order chi connectivity index (χ0) is 22.2. The number of carbonyl (C=O) groups excluding carboxylic acids is 3. The number of aryl methyl sites for hydroxylation is 1. The third-order valence-electron chi connectivity index (χ3n) is 7.83. The summed E-state index contributed by atoms with van der Waals surface area (Å²) in [6, 6.07) is 12.8. The number of nitrogens with one attached hydrogen (secondary N) is 1. The van der Waals surface area contributed by atoms with Crippen molar-refractivity contribution in [2.45, 2.75) is 37.8 Å². The number of fused-ring (bicyclic) bond motifs is 7. The van der Waals surface area contributed by atoms with Crippen LogP contribution in [-0.4, -0.2) is 42.3 Å². The third kappa shape index (κ3) is 2.17. The minimum atomic E-state index is -1.12. The zero-order valence-electron chi connectivity index (χ0n) is 18.1. The van der Waals surface area contributed by atoms with E-state index in [4.69, 9.17) is 4.74 Å². The Morgan fingerprint density at radius 2 is 1.88 bits per heavy atom. The molecule has 0 radical (unpaired) electrons. The zero-order valence-corrected chi connectivity index (χ0v) is 18.1. The summed E-state index contributed by atoms with van der Waals surface area (Å²) >= 11 is 0. The van der Waals surface area contributed by atoms with Crippen LogP contribution < -0.4 is 15.0 Å².